The highest BCUT2D eigenvalue weighted by Gasteiger charge is 2.25. The molecule has 0 saturated carbocycles. The van der Waals surface area contributed by atoms with Gasteiger partial charge < -0.3 is 16.4 Å². The van der Waals surface area contributed by atoms with E-state index in [-0.39, 0.29) is 30.3 Å². The number of hydrogen-bond donors (Lipinski definition) is 3. The first-order valence-corrected chi connectivity index (χ1v) is 3.95. The maximum atomic E-state index is 11.2. The molecule has 1 saturated heterocycles. The first-order valence-electron chi connectivity index (χ1n) is 3.95. The van der Waals surface area contributed by atoms with Gasteiger partial charge in [-0.05, 0) is 6.92 Å². The minimum Gasteiger partial charge on any atom is -0.352 e. The number of nitrogens with one attached hydrogen (secondary N) is 2. The van der Waals surface area contributed by atoms with Gasteiger partial charge in [0.05, 0.1) is 5.92 Å². The Kier molecular flexibility index (Phi) is 5.20. The van der Waals surface area contributed by atoms with Gasteiger partial charge in [0.15, 0.2) is 0 Å². The number of halogens is 1. The molecular weight excluding hydrogens is 178 g/mol. The number of carbonyl (C=O) groups is 1. The molecule has 0 bridgehead atoms. The molecule has 1 amide bonds. The fraction of sp³-hybridized carbons (Fsp3) is 0.857. The molecule has 5 heteroatoms. The first kappa shape index (κ1) is 11.7. The van der Waals surface area contributed by atoms with E-state index in [0.717, 1.165) is 13.1 Å². The topological polar surface area (TPSA) is 67.1 Å². The van der Waals surface area contributed by atoms with Gasteiger partial charge >= 0.3 is 0 Å². The third-order valence-corrected chi connectivity index (χ3v) is 1.89. The highest BCUT2D eigenvalue weighted by Crippen LogP contribution is 2.02. The summed E-state index contributed by atoms with van der Waals surface area (Å²) >= 11 is 0. The van der Waals surface area contributed by atoms with Crippen molar-refractivity contribution in [1.29, 1.82) is 0 Å². The van der Waals surface area contributed by atoms with Crippen LogP contribution in [0.1, 0.15) is 6.92 Å². The molecule has 0 aliphatic carbocycles. The van der Waals surface area contributed by atoms with Gasteiger partial charge in [0, 0.05) is 25.7 Å². The molecule has 72 valence electrons. The lowest BCUT2D eigenvalue weighted by Crippen LogP contribution is -2.53. The molecule has 1 aliphatic rings. The van der Waals surface area contributed by atoms with Crippen LogP contribution in [0.4, 0.5) is 0 Å². The maximum absolute atomic E-state index is 11.2. The van der Waals surface area contributed by atoms with Gasteiger partial charge in [0.1, 0.15) is 0 Å². The number of rotatable bonds is 3. The lowest BCUT2D eigenvalue weighted by Gasteiger charge is -2.27. The number of nitrogens with two attached hydrogens (primary N) is 1. The number of carbonyl (C=O) groups excluding carboxylic acids is 1. The highest BCUT2D eigenvalue weighted by molar-refractivity contribution is 5.85. The second kappa shape index (κ2) is 5.35. The third-order valence-electron chi connectivity index (χ3n) is 1.89. The van der Waals surface area contributed by atoms with Gasteiger partial charge in [-0.3, -0.25) is 4.79 Å². The van der Waals surface area contributed by atoms with Crippen LogP contribution >= 0.6 is 12.4 Å². The van der Waals surface area contributed by atoms with Crippen molar-refractivity contribution < 1.29 is 4.79 Å². The molecule has 1 rings (SSSR count). The minimum atomic E-state index is 0. The van der Waals surface area contributed by atoms with Crippen LogP contribution in [0.15, 0.2) is 0 Å². The van der Waals surface area contributed by atoms with E-state index in [1.165, 1.54) is 0 Å². The predicted octanol–water partition coefficient (Wildman–Crippen LogP) is -0.909. The number of hydrogen-bond acceptors (Lipinski definition) is 3. The lowest BCUT2D eigenvalue weighted by atomic mass is 10.0. The van der Waals surface area contributed by atoms with Crippen molar-refractivity contribution in [2.75, 3.05) is 19.6 Å². The zero-order valence-electron chi connectivity index (χ0n) is 7.17. The van der Waals surface area contributed by atoms with Gasteiger partial charge in [0.2, 0.25) is 5.91 Å². The van der Waals surface area contributed by atoms with Crippen LogP contribution in [0.5, 0.6) is 0 Å². The quantitative estimate of drug-likeness (QED) is 0.544. The Labute approximate surface area is 78.7 Å². The average molecular weight is 194 g/mol. The summed E-state index contributed by atoms with van der Waals surface area (Å²) in [4.78, 5) is 11.2. The zero-order chi connectivity index (χ0) is 8.27. The van der Waals surface area contributed by atoms with Crippen molar-refractivity contribution in [1.82, 2.24) is 10.6 Å². The van der Waals surface area contributed by atoms with E-state index in [1.54, 1.807) is 0 Å². The van der Waals surface area contributed by atoms with Crippen molar-refractivity contribution in [3.05, 3.63) is 0 Å². The van der Waals surface area contributed by atoms with E-state index in [0.29, 0.717) is 6.54 Å². The summed E-state index contributed by atoms with van der Waals surface area (Å²) < 4.78 is 0. The Morgan fingerprint density at radius 1 is 1.75 bits per heavy atom. The predicted molar refractivity (Wildman–Crippen MR) is 50.3 cm³/mol. The second-order valence-electron chi connectivity index (χ2n) is 3.00. The molecule has 4 N–H and O–H groups in total. The summed E-state index contributed by atoms with van der Waals surface area (Å²) in [5.74, 6) is 0.297. The number of amides is 1. The summed E-state index contributed by atoms with van der Waals surface area (Å²) in [6.45, 7) is 4.03. The molecule has 0 spiro atoms. The van der Waals surface area contributed by atoms with E-state index >= 15 is 0 Å². The standard InChI is InChI=1S/C7H15N3O.ClH/c1-5(2-8)10-7(11)6-3-9-4-6;/h5-6,9H,2-4,8H2,1H3,(H,10,11);1H/t5-;/m0./s1. The Morgan fingerprint density at radius 2 is 2.33 bits per heavy atom. The van der Waals surface area contributed by atoms with Gasteiger partial charge in [-0.15, -0.1) is 12.4 Å². The monoisotopic (exact) mass is 193 g/mol. The molecule has 0 aromatic carbocycles. The van der Waals surface area contributed by atoms with Gasteiger partial charge in [-0.25, -0.2) is 0 Å². The first-order chi connectivity index (χ1) is 5.24. The fourth-order valence-corrected chi connectivity index (χ4v) is 0.894. The molecule has 1 aliphatic heterocycles. The average Bonchev–Trinajstić information content (AvgIpc) is 1.83. The Hall–Kier alpha value is -0.320. The van der Waals surface area contributed by atoms with Gasteiger partial charge in [-0.2, -0.15) is 0 Å². The van der Waals surface area contributed by atoms with Crippen LogP contribution in [-0.2, 0) is 4.79 Å². The zero-order valence-corrected chi connectivity index (χ0v) is 7.99. The van der Waals surface area contributed by atoms with Crippen LogP contribution in [-0.4, -0.2) is 31.6 Å². The van der Waals surface area contributed by atoms with E-state index in [2.05, 4.69) is 10.6 Å². The molecule has 1 heterocycles. The molecule has 1 atom stereocenters. The van der Waals surface area contributed by atoms with Gasteiger partial charge in [0.25, 0.3) is 0 Å². The third kappa shape index (κ3) is 2.97. The Morgan fingerprint density at radius 3 is 2.67 bits per heavy atom. The van der Waals surface area contributed by atoms with Crippen LogP contribution in [0.3, 0.4) is 0 Å². The summed E-state index contributed by atoms with van der Waals surface area (Å²) in [5, 5.41) is 5.87. The van der Waals surface area contributed by atoms with Crippen molar-refractivity contribution >= 4 is 18.3 Å². The van der Waals surface area contributed by atoms with Crippen molar-refractivity contribution in [2.45, 2.75) is 13.0 Å². The van der Waals surface area contributed by atoms with E-state index in [4.69, 9.17) is 5.73 Å². The van der Waals surface area contributed by atoms with E-state index in [1.807, 2.05) is 6.92 Å². The van der Waals surface area contributed by atoms with Crippen LogP contribution in [0.2, 0.25) is 0 Å². The van der Waals surface area contributed by atoms with Crippen LogP contribution in [0, 0.1) is 5.92 Å². The largest absolute Gasteiger partial charge is 0.352 e. The Bertz CT molecular complexity index is 150. The summed E-state index contributed by atoms with van der Waals surface area (Å²) in [7, 11) is 0. The molecule has 0 unspecified atom stereocenters. The molecule has 4 nitrogen and oxygen atoms in total. The normalized spacial score (nSPS) is 18.8. The molecule has 12 heavy (non-hydrogen) atoms. The molecule has 1 fully saturated rings. The SMILES string of the molecule is C[C@@H](CN)NC(=O)C1CNC1.Cl. The van der Waals surface area contributed by atoms with Crippen molar-refractivity contribution in [3.63, 3.8) is 0 Å². The second-order valence-corrected chi connectivity index (χ2v) is 3.00. The lowest BCUT2D eigenvalue weighted by molar-refractivity contribution is -0.126. The summed E-state index contributed by atoms with van der Waals surface area (Å²) in [6.07, 6.45) is 0. The smallest absolute Gasteiger partial charge is 0.225 e. The van der Waals surface area contributed by atoms with Crippen LogP contribution in [0.25, 0.3) is 0 Å². The van der Waals surface area contributed by atoms with E-state index in [9.17, 15) is 4.79 Å². The van der Waals surface area contributed by atoms with Crippen LogP contribution < -0.4 is 16.4 Å². The van der Waals surface area contributed by atoms with Crippen molar-refractivity contribution in [2.24, 2.45) is 11.7 Å². The maximum Gasteiger partial charge on any atom is 0.225 e. The minimum absolute atomic E-state index is 0. The van der Waals surface area contributed by atoms with Gasteiger partial charge in [-0.1, -0.05) is 0 Å². The van der Waals surface area contributed by atoms with E-state index < -0.39 is 0 Å². The molecule has 0 aromatic rings. The molecule has 0 aromatic heterocycles. The molecule has 0 radical (unpaired) electrons. The fourth-order valence-electron chi connectivity index (χ4n) is 0.894. The highest BCUT2D eigenvalue weighted by atomic mass is 35.5. The summed E-state index contributed by atoms with van der Waals surface area (Å²) in [5.41, 5.74) is 5.35. The summed E-state index contributed by atoms with van der Waals surface area (Å²) in [6, 6.07) is 0.100. The van der Waals surface area contributed by atoms with Crippen molar-refractivity contribution in [3.8, 4) is 0 Å². The molecular formula is C7H16ClN3O. The Balaban J connectivity index is 0.00000121.